The lowest BCUT2D eigenvalue weighted by atomic mass is 10.1. The number of halogens is 3. The number of hydrogen-bond acceptors (Lipinski definition) is 4. The van der Waals surface area contributed by atoms with E-state index >= 15 is 0 Å². The van der Waals surface area contributed by atoms with Crippen molar-refractivity contribution >= 4 is 5.82 Å². The van der Waals surface area contributed by atoms with Gasteiger partial charge in [0.05, 0.1) is 11.9 Å². The average molecular weight is 484 g/mol. The highest BCUT2D eigenvalue weighted by Crippen LogP contribution is 2.33. The van der Waals surface area contributed by atoms with Crippen LogP contribution >= 0.6 is 0 Å². The minimum atomic E-state index is -4.46. The molecule has 0 radical (unpaired) electrons. The molecule has 0 saturated carbocycles. The molecular formula is C25H28F3N7. The maximum Gasteiger partial charge on any atom is 0.434 e. The Morgan fingerprint density at radius 1 is 1.09 bits per heavy atom. The van der Waals surface area contributed by atoms with Crippen LogP contribution in [0.4, 0.5) is 19.0 Å². The summed E-state index contributed by atoms with van der Waals surface area (Å²) < 4.78 is 44.5. The van der Waals surface area contributed by atoms with Crippen LogP contribution in [0.3, 0.4) is 0 Å². The van der Waals surface area contributed by atoms with Gasteiger partial charge in [0.15, 0.2) is 5.69 Å². The summed E-state index contributed by atoms with van der Waals surface area (Å²) in [5.74, 6) is 1.35. The second kappa shape index (κ2) is 8.58. The molecular weight excluding hydrogens is 455 g/mol. The fourth-order valence-corrected chi connectivity index (χ4v) is 4.64. The van der Waals surface area contributed by atoms with Crippen LogP contribution in [0, 0.1) is 6.92 Å². The molecule has 4 heterocycles. The van der Waals surface area contributed by atoms with Gasteiger partial charge in [-0.05, 0) is 38.3 Å². The van der Waals surface area contributed by atoms with Crippen LogP contribution < -0.4 is 4.90 Å². The Kier molecular flexibility index (Phi) is 5.69. The third-order valence-corrected chi connectivity index (χ3v) is 6.34. The maximum absolute atomic E-state index is 13.0. The topological polar surface area (TPSA) is 56.7 Å². The van der Waals surface area contributed by atoms with E-state index in [0.29, 0.717) is 17.9 Å². The quantitative estimate of drug-likeness (QED) is 0.378. The number of rotatable bonds is 5. The number of alkyl halides is 3. The minimum Gasteiger partial charge on any atom is -0.352 e. The summed E-state index contributed by atoms with van der Waals surface area (Å²) in [5.41, 5.74) is 3.89. The van der Waals surface area contributed by atoms with Gasteiger partial charge in [-0.3, -0.25) is 4.68 Å². The van der Waals surface area contributed by atoms with Gasteiger partial charge in [-0.25, -0.2) is 9.67 Å². The van der Waals surface area contributed by atoms with Crippen molar-refractivity contribution < 1.29 is 13.2 Å². The van der Waals surface area contributed by atoms with Crippen LogP contribution in [0.1, 0.15) is 43.1 Å². The lowest BCUT2D eigenvalue weighted by Gasteiger charge is -2.29. The molecule has 0 aliphatic carbocycles. The molecule has 0 spiro atoms. The zero-order valence-corrected chi connectivity index (χ0v) is 20.2. The molecule has 0 bridgehead atoms. The van der Waals surface area contributed by atoms with E-state index in [0.717, 1.165) is 54.0 Å². The van der Waals surface area contributed by atoms with Gasteiger partial charge in [-0.15, -0.1) is 0 Å². The van der Waals surface area contributed by atoms with Crippen LogP contribution in [-0.2, 0) is 26.3 Å². The Balaban J connectivity index is 1.39. The third-order valence-electron chi connectivity index (χ3n) is 6.34. The highest BCUT2D eigenvalue weighted by molar-refractivity contribution is 5.64. The van der Waals surface area contributed by atoms with E-state index in [-0.39, 0.29) is 6.04 Å². The van der Waals surface area contributed by atoms with E-state index in [4.69, 9.17) is 5.10 Å². The molecule has 0 amide bonds. The summed E-state index contributed by atoms with van der Waals surface area (Å²) in [6.45, 7) is 8.72. The van der Waals surface area contributed by atoms with E-state index in [1.807, 2.05) is 35.1 Å². The number of nitrogens with zero attached hydrogens (tertiary/aromatic N) is 7. The van der Waals surface area contributed by atoms with Gasteiger partial charge in [-0.2, -0.15) is 23.4 Å². The van der Waals surface area contributed by atoms with E-state index in [1.165, 1.54) is 4.57 Å². The SMILES string of the molecule is Cc1cnn(C(C)C)c1-c1cc2n(n1)CCCN2Cc1ccc(-c2nc(C(F)(F)F)cn2C)cc1. The van der Waals surface area contributed by atoms with Crippen molar-refractivity contribution in [2.45, 2.75) is 52.5 Å². The molecule has 4 aromatic rings. The first-order valence-electron chi connectivity index (χ1n) is 11.7. The molecule has 5 rings (SSSR count). The molecule has 0 atom stereocenters. The zero-order valence-electron chi connectivity index (χ0n) is 20.2. The fraction of sp³-hybridized carbons (Fsp3) is 0.400. The van der Waals surface area contributed by atoms with Crippen molar-refractivity contribution in [1.29, 1.82) is 0 Å². The Labute approximate surface area is 201 Å². The highest BCUT2D eigenvalue weighted by Gasteiger charge is 2.34. The van der Waals surface area contributed by atoms with Gasteiger partial charge in [-0.1, -0.05) is 24.3 Å². The number of aryl methyl sites for hydroxylation is 3. The summed E-state index contributed by atoms with van der Waals surface area (Å²) >= 11 is 0. The minimum absolute atomic E-state index is 0.234. The van der Waals surface area contributed by atoms with E-state index in [9.17, 15) is 13.2 Å². The number of anilines is 1. The molecule has 0 N–H and O–H groups in total. The van der Waals surface area contributed by atoms with Gasteiger partial charge in [0.2, 0.25) is 0 Å². The molecule has 3 aromatic heterocycles. The Bertz CT molecular complexity index is 1340. The first kappa shape index (κ1) is 23.2. The number of aromatic nitrogens is 6. The van der Waals surface area contributed by atoms with Crippen LogP contribution in [0.5, 0.6) is 0 Å². The molecule has 35 heavy (non-hydrogen) atoms. The summed E-state index contributed by atoms with van der Waals surface area (Å²) in [5, 5.41) is 9.41. The molecule has 7 nitrogen and oxygen atoms in total. The standard InChI is InChI=1S/C25H28F3N7/c1-16(2)35-23(17(3)13-29-35)20-12-22-33(10-5-11-34(22)31-20)14-18-6-8-19(9-7-18)24-30-21(15-32(24)4)25(26,27)28/h6-9,12-13,15-16H,5,10-11,14H2,1-4H3. The van der Waals surface area contributed by atoms with Crippen molar-refractivity contribution in [3.8, 4) is 22.8 Å². The molecule has 0 saturated heterocycles. The van der Waals surface area contributed by atoms with Crippen LogP contribution in [0.2, 0.25) is 0 Å². The number of fused-ring (bicyclic) bond motifs is 1. The molecule has 1 aliphatic rings. The van der Waals surface area contributed by atoms with Gasteiger partial charge < -0.3 is 9.47 Å². The Hall–Kier alpha value is -3.56. The van der Waals surface area contributed by atoms with Crippen molar-refractivity contribution in [2.75, 3.05) is 11.4 Å². The summed E-state index contributed by atoms with van der Waals surface area (Å²) in [4.78, 5) is 6.08. The van der Waals surface area contributed by atoms with Crippen molar-refractivity contribution in [2.24, 2.45) is 7.05 Å². The van der Waals surface area contributed by atoms with E-state index in [1.54, 1.807) is 7.05 Å². The van der Waals surface area contributed by atoms with Gasteiger partial charge in [0, 0.05) is 50.6 Å². The summed E-state index contributed by atoms with van der Waals surface area (Å²) in [7, 11) is 1.57. The molecule has 10 heteroatoms. The first-order valence-corrected chi connectivity index (χ1v) is 11.7. The predicted molar refractivity (Wildman–Crippen MR) is 128 cm³/mol. The molecule has 0 unspecified atom stereocenters. The van der Waals surface area contributed by atoms with Gasteiger partial charge in [0.25, 0.3) is 0 Å². The van der Waals surface area contributed by atoms with Gasteiger partial charge >= 0.3 is 6.18 Å². The highest BCUT2D eigenvalue weighted by atomic mass is 19.4. The smallest absolute Gasteiger partial charge is 0.352 e. The number of benzene rings is 1. The maximum atomic E-state index is 13.0. The Morgan fingerprint density at radius 3 is 2.49 bits per heavy atom. The first-order chi connectivity index (χ1) is 16.6. The second-order valence-electron chi connectivity index (χ2n) is 9.36. The lowest BCUT2D eigenvalue weighted by molar-refractivity contribution is -0.140. The van der Waals surface area contributed by atoms with E-state index < -0.39 is 11.9 Å². The Morgan fingerprint density at radius 2 is 1.83 bits per heavy atom. The number of hydrogen-bond donors (Lipinski definition) is 0. The largest absolute Gasteiger partial charge is 0.434 e. The van der Waals surface area contributed by atoms with Crippen molar-refractivity contribution in [3.63, 3.8) is 0 Å². The normalized spacial score (nSPS) is 14.1. The third kappa shape index (κ3) is 4.33. The summed E-state index contributed by atoms with van der Waals surface area (Å²) in [6, 6.07) is 9.92. The summed E-state index contributed by atoms with van der Waals surface area (Å²) in [6.07, 6.45) is -0.575. The molecule has 1 aromatic carbocycles. The average Bonchev–Trinajstić information content (AvgIpc) is 3.50. The van der Waals surface area contributed by atoms with Crippen LogP contribution in [0.25, 0.3) is 22.8 Å². The van der Waals surface area contributed by atoms with E-state index in [2.05, 4.69) is 46.5 Å². The predicted octanol–water partition coefficient (Wildman–Crippen LogP) is 5.47. The lowest BCUT2D eigenvalue weighted by Crippen LogP contribution is -2.31. The zero-order chi connectivity index (χ0) is 24.9. The monoisotopic (exact) mass is 483 g/mol. The van der Waals surface area contributed by atoms with Crippen molar-refractivity contribution in [1.82, 2.24) is 29.1 Å². The number of imidazole rings is 1. The fourth-order valence-electron chi connectivity index (χ4n) is 4.64. The molecule has 0 fully saturated rings. The second-order valence-corrected chi connectivity index (χ2v) is 9.36. The van der Waals surface area contributed by atoms with Crippen LogP contribution in [-0.4, -0.2) is 35.7 Å². The molecule has 1 aliphatic heterocycles. The van der Waals surface area contributed by atoms with Crippen molar-refractivity contribution in [3.05, 3.63) is 59.5 Å². The van der Waals surface area contributed by atoms with Crippen LogP contribution in [0.15, 0.2) is 42.7 Å². The van der Waals surface area contributed by atoms with Gasteiger partial charge in [0.1, 0.15) is 17.3 Å². The molecule has 184 valence electrons.